The van der Waals surface area contributed by atoms with E-state index < -0.39 is 0 Å². The molecule has 1 fully saturated rings. The van der Waals surface area contributed by atoms with Crippen molar-refractivity contribution in [3.63, 3.8) is 0 Å². The van der Waals surface area contributed by atoms with Crippen LogP contribution in [-0.2, 0) is 16.1 Å². The van der Waals surface area contributed by atoms with E-state index in [1.807, 2.05) is 6.92 Å². The second-order valence-corrected chi connectivity index (χ2v) is 5.11. The molecule has 1 aliphatic heterocycles. The van der Waals surface area contributed by atoms with E-state index >= 15 is 0 Å². The molecule has 3 rings (SSSR count). The summed E-state index contributed by atoms with van der Waals surface area (Å²) in [6, 6.07) is 3.55. The summed E-state index contributed by atoms with van der Waals surface area (Å²) in [5.41, 5.74) is 0.721. The van der Waals surface area contributed by atoms with Crippen molar-refractivity contribution in [1.82, 2.24) is 20.4 Å². The number of nitrogens with zero attached hydrogens (tertiary/aromatic N) is 3. The molecule has 2 aromatic heterocycles. The summed E-state index contributed by atoms with van der Waals surface area (Å²) in [5.74, 6) is 1.18. The number of carbonyl (C=O) groups is 1. The van der Waals surface area contributed by atoms with Gasteiger partial charge in [-0.25, -0.2) is 4.98 Å². The molecule has 23 heavy (non-hydrogen) atoms. The fourth-order valence-corrected chi connectivity index (χ4v) is 2.24. The molecule has 0 radical (unpaired) electrons. The second-order valence-electron chi connectivity index (χ2n) is 5.11. The molecular formula is C15H18N4O4. The quantitative estimate of drug-likeness (QED) is 0.853. The number of hydrogen-bond donors (Lipinski definition) is 1. The van der Waals surface area contributed by atoms with Crippen molar-refractivity contribution >= 4 is 5.91 Å². The average Bonchev–Trinajstić information content (AvgIpc) is 3.25. The standard InChI is InChI=1S/C15H18N4O4/c1-2-22-12-4-3-10(7-16-12)14-18-13(23-19-14)8-17-15(20)11-5-6-21-9-11/h3-4,7,11H,2,5-6,8-9H2,1H3,(H,17,20). The van der Waals surface area contributed by atoms with Gasteiger partial charge in [0.1, 0.15) is 0 Å². The molecule has 2 aromatic rings. The molecule has 8 nitrogen and oxygen atoms in total. The van der Waals surface area contributed by atoms with Crippen LogP contribution in [0, 0.1) is 5.92 Å². The number of amides is 1. The molecule has 0 spiro atoms. The molecule has 122 valence electrons. The maximum absolute atomic E-state index is 11.9. The summed E-state index contributed by atoms with van der Waals surface area (Å²) in [5, 5.41) is 6.68. The fraction of sp³-hybridized carbons (Fsp3) is 0.467. The van der Waals surface area contributed by atoms with Crippen LogP contribution >= 0.6 is 0 Å². The van der Waals surface area contributed by atoms with Crippen molar-refractivity contribution in [2.24, 2.45) is 5.92 Å². The first-order valence-electron chi connectivity index (χ1n) is 7.53. The Bertz CT molecular complexity index is 650. The predicted molar refractivity (Wildman–Crippen MR) is 79.5 cm³/mol. The largest absolute Gasteiger partial charge is 0.478 e. The lowest BCUT2D eigenvalue weighted by Crippen LogP contribution is -2.30. The monoisotopic (exact) mass is 318 g/mol. The highest BCUT2D eigenvalue weighted by Gasteiger charge is 2.23. The number of carbonyl (C=O) groups excluding carboxylic acids is 1. The van der Waals surface area contributed by atoms with Crippen molar-refractivity contribution in [2.75, 3.05) is 19.8 Å². The van der Waals surface area contributed by atoms with E-state index in [2.05, 4.69) is 20.4 Å². The highest BCUT2D eigenvalue weighted by Crippen LogP contribution is 2.17. The molecule has 0 aromatic carbocycles. The smallest absolute Gasteiger partial charge is 0.246 e. The third-order valence-corrected chi connectivity index (χ3v) is 3.47. The Hall–Kier alpha value is -2.48. The average molecular weight is 318 g/mol. The van der Waals surface area contributed by atoms with Gasteiger partial charge < -0.3 is 19.3 Å². The van der Waals surface area contributed by atoms with Gasteiger partial charge in [-0.1, -0.05) is 5.16 Å². The van der Waals surface area contributed by atoms with Crippen molar-refractivity contribution in [2.45, 2.75) is 19.9 Å². The van der Waals surface area contributed by atoms with Crippen LogP contribution < -0.4 is 10.1 Å². The summed E-state index contributed by atoms with van der Waals surface area (Å²) in [6.07, 6.45) is 2.37. The van der Waals surface area contributed by atoms with E-state index in [1.54, 1.807) is 18.3 Å². The van der Waals surface area contributed by atoms with E-state index in [1.165, 1.54) is 0 Å². The lowest BCUT2D eigenvalue weighted by atomic mass is 10.1. The molecule has 1 saturated heterocycles. The van der Waals surface area contributed by atoms with Crippen LogP contribution in [0.15, 0.2) is 22.9 Å². The molecule has 0 bridgehead atoms. The highest BCUT2D eigenvalue weighted by atomic mass is 16.5. The molecule has 8 heteroatoms. The molecule has 0 aliphatic carbocycles. The van der Waals surface area contributed by atoms with Gasteiger partial charge in [0.15, 0.2) is 0 Å². The minimum absolute atomic E-state index is 0.0509. The number of nitrogens with one attached hydrogen (secondary N) is 1. The van der Waals surface area contributed by atoms with Crippen LogP contribution in [0.2, 0.25) is 0 Å². The van der Waals surface area contributed by atoms with Gasteiger partial charge in [-0.05, 0) is 19.4 Å². The van der Waals surface area contributed by atoms with E-state index in [4.69, 9.17) is 14.0 Å². The fourth-order valence-electron chi connectivity index (χ4n) is 2.24. The van der Waals surface area contributed by atoms with E-state index in [0.717, 1.165) is 12.0 Å². The number of pyridine rings is 1. The predicted octanol–water partition coefficient (Wildman–Crippen LogP) is 1.18. The van der Waals surface area contributed by atoms with Crippen LogP contribution in [0.5, 0.6) is 5.88 Å². The molecule has 1 N–H and O–H groups in total. The van der Waals surface area contributed by atoms with Crippen molar-refractivity contribution < 1.29 is 18.8 Å². The summed E-state index contributed by atoms with van der Waals surface area (Å²) in [4.78, 5) is 20.3. The molecule has 1 amide bonds. The highest BCUT2D eigenvalue weighted by molar-refractivity contribution is 5.78. The Balaban J connectivity index is 1.58. The number of rotatable bonds is 6. The van der Waals surface area contributed by atoms with E-state index in [9.17, 15) is 4.79 Å². The third kappa shape index (κ3) is 3.84. The number of ether oxygens (including phenoxy) is 2. The van der Waals surface area contributed by atoms with Gasteiger partial charge in [0.05, 0.1) is 25.7 Å². The first-order valence-corrected chi connectivity index (χ1v) is 7.53. The van der Waals surface area contributed by atoms with E-state index in [-0.39, 0.29) is 18.4 Å². The van der Waals surface area contributed by atoms with Crippen LogP contribution in [-0.4, -0.2) is 40.9 Å². The SMILES string of the molecule is CCOc1ccc(-c2noc(CNC(=O)C3CCOC3)n2)cn1. The van der Waals surface area contributed by atoms with E-state index in [0.29, 0.717) is 37.4 Å². The Kier molecular flexibility index (Phi) is 4.82. The van der Waals surface area contributed by atoms with Crippen molar-refractivity contribution in [3.05, 3.63) is 24.2 Å². The summed E-state index contributed by atoms with van der Waals surface area (Å²) < 4.78 is 15.6. The first-order chi connectivity index (χ1) is 11.3. The maximum atomic E-state index is 11.9. The lowest BCUT2D eigenvalue weighted by molar-refractivity contribution is -0.125. The zero-order valence-corrected chi connectivity index (χ0v) is 12.8. The van der Waals surface area contributed by atoms with Gasteiger partial charge in [-0.3, -0.25) is 4.79 Å². The molecule has 1 aliphatic rings. The van der Waals surface area contributed by atoms with Gasteiger partial charge in [-0.2, -0.15) is 4.98 Å². The van der Waals surface area contributed by atoms with Crippen LogP contribution in [0.25, 0.3) is 11.4 Å². The van der Waals surface area contributed by atoms with Crippen LogP contribution in [0.3, 0.4) is 0 Å². The molecule has 3 heterocycles. The minimum atomic E-state index is -0.0901. The van der Waals surface area contributed by atoms with Gasteiger partial charge in [0.2, 0.25) is 23.5 Å². The topological polar surface area (TPSA) is 99.4 Å². The molecular weight excluding hydrogens is 300 g/mol. The zero-order chi connectivity index (χ0) is 16.1. The first kappa shape index (κ1) is 15.4. The van der Waals surface area contributed by atoms with Crippen molar-refractivity contribution in [3.8, 4) is 17.3 Å². The zero-order valence-electron chi connectivity index (χ0n) is 12.8. The second kappa shape index (κ2) is 7.19. The number of aromatic nitrogens is 3. The normalized spacial score (nSPS) is 17.2. The Morgan fingerprint density at radius 1 is 1.48 bits per heavy atom. The molecule has 1 atom stereocenters. The number of hydrogen-bond acceptors (Lipinski definition) is 7. The Morgan fingerprint density at radius 3 is 3.09 bits per heavy atom. The Labute approximate surface area is 133 Å². The van der Waals surface area contributed by atoms with Crippen LogP contribution in [0.1, 0.15) is 19.2 Å². The summed E-state index contributed by atoms with van der Waals surface area (Å²) in [6.45, 7) is 3.76. The third-order valence-electron chi connectivity index (χ3n) is 3.47. The van der Waals surface area contributed by atoms with Crippen LogP contribution in [0.4, 0.5) is 0 Å². The lowest BCUT2D eigenvalue weighted by Gasteiger charge is -2.06. The Morgan fingerprint density at radius 2 is 2.39 bits per heavy atom. The minimum Gasteiger partial charge on any atom is -0.478 e. The van der Waals surface area contributed by atoms with Gasteiger partial charge in [-0.15, -0.1) is 0 Å². The van der Waals surface area contributed by atoms with Gasteiger partial charge in [0, 0.05) is 24.4 Å². The van der Waals surface area contributed by atoms with Gasteiger partial charge in [0.25, 0.3) is 0 Å². The summed E-state index contributed by atoms with van der Waals surface area (Å²) in [7, 11) is 0. The van der Waals surface area contributed by atoms with Crippen molar-refractivity contribution in [1.29, 1.82) is 0 Å². The molecule has 1 unspecified atom stereocenters. The van der Waals surface area contributed by atoms with Gasteiger partial charge >= 0.3 is 0 Å². The maximum Gasteiger partial charge on any atom is 0.246 e. The molecule has 0 saturated carbocycles. The summed E-state index contributed by atoms with van der Waals surface area (Å²) >= 11 is 0.